The predicted octanol–water partition coefficient (Wildman–Crippen LogP) is 3.09. The van der Waals surface area contributed by atoms with Crippen molar-refractivity contribution in [1.29, 1.82) is 0 Å². The summed E-state index contributed by atoms with van der Waals surface area (Å²) in [5, 5.41) is 0. The summed E-state index contributed by atoms with van der Waals surface area (Å²) < 4.78 is 3.44. The van der Waals surface area contributed by atoms with Crippen LogP contribution in [0, 0.1) is 0 Å². The number of thiophene rings is 1. The van der Waals surface area contributed by atoms with E-state index >= 15 is 0 Å². The highest BCUT2D eigenvalue weighted by Crippen LogP contribution is 2.22. The highest BCUT2D eigenvalue weighted by Gasteiger charge is 2.11. The molecule has 0 unspecified atom stereocenters. The Morgan fingerprint density at radius 3 is 2.62 bits per heavy atom. The molecule has 0 saturated carbocycles. The van der Waals surface area contributed by atoms with E-state index in [1.807, 2.05) is 12.1 Å². The molecule has 0 saturated heterocycles. The van der Waals surface area contributed by atoms with Gasteiger partial charge in [0.25, 0.3) is 11.8 Å². The molecular formula is C13H11Br2N3O2S. The molecule has 8 heteroatoms. The van der Waals surface area contributed by atoms with E-state index in [0.717, 1.165) is 13.1 Å². The van der Waals surface area contributed by atoms with Crippen molar-refractivity contribution in [2.24, 2.45) is 7.05 Å². The third-order valence-electron chi connectivity index (χ3n) is 2.50. The van der Waals surface area contributed by atoms with Crippen molar-refractivity contribution in [3.05, 3.63) is 49.3 Å². The normalized spacial score (nSPS) is 10.8. The highest BCUT2D eigenvalue weighted by atomic mass is 79.9. The van der Waals surface area contributed by atoms with Gasteiger partial charge in [0.05, 0.1) is 3.79 Å². The number of carbonyl (C=O) groups is 2. The average molecular weight is 433 g/mol. The number of hydrogen-bond donors (Lipinski definition) is 2. The van der Waals surface area contributed by atoms with Crippen molar-refractivity contribution >= 4 is 61.1 Å². The number of aryl methyl sites for hydroxylation is 1. The van der Waals surface area contributed by atoms with Crippen LogP contribution in [0.15, 0.2) is 38.7 Å². The van der Waals surface area contributed by atoms with E-state index < -0.39 is 5.91 Å². The summed E-state index contributed by atoms with van der Waals surface area (Å²) in [7, 11) is 1.75. The van der Waals surface area contributed by atoms with Crippen molar-refractivity contribution in [2.45, 2.75) is 0 Å². The third-order valence-corrected chi connectivity index (χ3v) is 4.52. The monoisotopic (exact) mass is 431 g/mol. The zero-order chi connectivity index (χ0) is 15.4. The number of hydrazine groups is 1. The Labute approximate surface area is 142 Å². The smallest absolute Gasteiger partial charge is 0.286 e. The van der Waals surface area contributed by atoms with E-state index in [-0.39, 0.29) is 5.91 Å². The topological polar surface area (TPSA) is 63.1 Å². The minimum atomic E-state index is -0.402. The Kier molecular flexibility index (Phi) is 5.38. The molecule has 0 atom stereocenters. The van der Waals surface area contributed by atoms with Crippen molar-refractivity contribution in [3.8, 4) is 0 Å². The molecule has 0 aliphatic heterocycles. The number of carbonyl (C=O) groups excluding carboxylic acids is 2. The Hall–Kier alpha value is -1.38. The molecule has 0 aliphatic carbocycles. The van der Waals surface area contributed by atoms with Gasteiger partial charge in [-0.3, -0.25) is 20.4 Å². The predicted molar refractivity (Wildman–Crippen MR) is 89.8 cm³/mol. The van der Waals surface area contributed by atoms with E-state index in [9.17, 15) is 9.59 Å². The summed E-state index contributed by atoms with van der Waals surface area (Å²) in [6, 6.07) is 5.45. The van der Waals surface area contributed by atoms with E-state index in [1.54, 1.807) is 30.0 Å². The summed E-state index contributed by atoms with van der Waals surface area (Å²) in [6.45, 7) is 0. The van der Waals surface area contributed by atoms with Gasteiger partial charge in [-0.2, -0.15) is 0 Å². The Bertz CT molecular complexity index is 706. The average Bonchev–Trinajstić information content (AvgIpc) is 2.99. The second-order valence-corrected chi connectivity index (χ2v) is 7.48. The molecule has 2 N–H and O–H groups in total. The molecule has 2 aromatic heterocycles. The Morgan fingerprint density at radius 1 is 1.29 bits per heavy atom. The standard InChI is InChI=1S/C13H11Br2N3O2S/c1-18-7-8(14)6-10(18)13(20)17-16-12(19)5-3-9-2-4-11(15)21-9/h2-7H,1H3,(H,16,19)(H,17,20)/b5-3+. The molecule has 110 valence electrons. The molecule has 2 amide bonds. The number of nitrogens with one attached hydrogen (secondary N) is 2. The molecular weight excluding hydrogens is 422 g/mol. The summed E-state index contributed by atoms with van der Waals surface area (Å²) in [6.07, 6.45) is 4.79. The van der Waals surface area contributed by atoms with Crippen LogP contribution in [0.4, 0.5) is 0 Å². The first-order valence-electron chi connectivity index (χ1n) is 5.81. The van der Waals surface area contributed by atoms with Crippen LogP contribution >= 0.6 is 43.2 Å². The van der Waals surface area contributed by atoms with Gasteiger partial charge in [0.15, 0.2) is 0 Å². The zero-order valence-corrected chi connectivity index (χ0v) is 14.9. The van der Waals surface area contributed by atoms with Gasteiger partial charge in [-0.25, -0.2) is 0 Å². The number of halogens is 2. The molecule has 0 fully saturated rings. The minimum absolute atomic E-state index is 0.385. The van der Waals surface area contributed by atoms with Gasteiger partial charge in [0.1, 0.15) is 5.69 Å². The summed E-state index contributed by atoms with van der Waals surface area (Å²) >= 11 is 8.14. The maximum atomic E-state index is 11.9. The molecule has 0 aliphatic rings. The van der Waals surface area contributed by atoms with Gasteiger partial charge >= 0.3 is 0 Å². The van der Waals surface area contributed by atoms with Crippen LogP contribution in [0.1, 0.15) is 15.4 Å². The minimum Gasteiger partial charge on any atom is -0.345 e. The SMILES string of the molecule is Cn1cc(Br)cc1C(=O)NNC(=O)/C=C/c1ccc(Br)s1. The van der Waals surface area contributed by atoms with E-state index in [2.05, 4.69) is 42.7 Å². The number of aromatic nitrogens is 1. The van der Waals surface area contributed by atoms with Crippen molar-refractivity contribution in [3.63, 3.8) is 0 Å². The van der Waals surface area contributed by atoms with Gasteiger partial charge in [0, 0.05) is 28.7 Å². The molecule has 2 rings (SSSR count). The summed E-state index contributed by atoms with van der Waals surface area (Å²) in [5.74, 6) is -0.787. The maximum Gasteiger partial charge on any atom is 0.286 e. The lowest BCUT2D eigenvalue weighted by molar-refractivity contribution is -0.117. The lowest BCUT2D eigenvalue weighted by atomic mass is 10.4. The van der Waals surface area contributed by atoms with E-state index in [4.69, 9.17) is 0 Å². The summed E-state index contributed by atoms with van der Waals surface area (Å²) in [4.78, 5) is 24.4. The van der Waals surface area contributed by atoms with Gasteiger partial charge in [0.2, 0.25) is 0 Å². The fourth-order valence-corrected chi connectivity index (χ4v) is 3.40. The lowest BCUT2D eigenvalue weighted by Crippen LogP contribution is -2.41. The van der Waals surface area contributed by atoms with Crippen molar-refractivity contribution in [1.82, 2.24) is 15.4 Å². The first-order valence-corrected chi connectivity index (χ1v) is 8.21. The number of rotatable bonds is 3. The fourth-order valence-electron chi connectivity index (χ4n) is 1.55. The first-order chi connectivity index (χ1) is 9.95. The Morgan fingerprint density at radius 2 is 2.05 bits per heavy atom. The third kappa shape index (κ3) is 4.55. The number of hydrogen-bond acceptors (Lipinski definition) is 3. The fraction of sp³-hybridized carbons (Fsp3) is 0.0769. The summed E-state index contributed by atoms with van der Waals surface area (Å²) in [5.41, 5.74) is 5.13. The second-order valence-electron chi connectivity index (χ2n) is 4.07. The van der Waals surface area contributed by atoms with Crippen molar-refractivity contribution < 1.29 is 9.59 Å². The van der Waals surface area contributed by atoms with E-state index in [0.29, 0.717) is 5.69 Å². The van der Waals surface area contributed by atoms with Crippen LogP contribution < -0.4 is 10.9 Å². The van der Waals surface area contributed by atoms with Crippen LogP contribution in [0.25, 0.3) is 6.08 Å². The van der Waals surface area contributed by atoms with Crippen LogP contribution in [0.3, 0.4) is 0 Å². The Balaban J connectivity index is 1.88. The van der Waals surface area contributed by atoms with Crippen LogP contribution in [0.5, 0.6) is 0 Å². The largest absolute Gasteiger partial charge is 0.345 e. The second kappa shape index (κ2) is 7.06. The quantitative estimate of drug-likeness (QED) is 0.578. The van der Waals surface area contributed by atoms with Crippen LogP contribution in [-0.2, 0) is 11.8 Å². The lowest BCUT2D eigenvalue weighted by Gasteiger charge is -2.05. The molecule has 5 nitrogen and oxygen atoms in total. The number of nitrogens with zero attached hydrogens (tertiary/aromatic N) is 1. The van der Waals surface area contributed by atoms with Gasteiger partial charge in [-0.05, 0) is 56.1 Å². The van der Waals surface area contributed by atoms with Crippen molar-refractivity contribution in [2.75, 3.05) is 0 Å². The van der Waals surface area contributed by atoms with Gasteiger partial charge < -0.3 is 4.57 Å². The maximum absolute atomic E-state index is 11.9. The van der Waals surface area contributed by atoms with Crippen LogP contribution in [0.2, 0.25) is 0 Å². The number of amides is 2. The molecule has 2 aromatic rings. The molecule has 0 aromatic carbocycles. The van der Waals surface area contributed by atoms with Gasteiger partial charge in [-0.1, -0.05) is 0 Å². The molecule has 0 spiro atoms. The molecule has 21 heavy (non-hydrogen) atoms. The van der Waals surface area contributed by atoms with Gasteiger partial charge in [-0.15, -0.1) is 11.3 Å². The van der Waals surface area contributed by atoms with E-state index in [1.165, 1.54) is 17.4 Å². The zero-order valence-electron chi connectivity index (χ0n) is 10.9. The van der Waals surface area contributed by atoms with Crippen LogP contribution in [-0.4, -0.2) is 16.4 Å². The molecule has 0 bridgehead atoms. The molecule has 2 heterocycles. The molecule has 0 radical (unpaired) electrons. The first kappa shape index (κ1) is 16.0. The highest BCUT2D eigenvalue weighted by molar-refractivity contribution is 9.11.